The number of benzene rings is 1. The second-order valence-corrected chi connectivity index (χ2v) is 2.99. The van der Waals surface area contributed by atoms with Crippen LogP contribution in [0.4, 0.5) is 0 Å². The minimum absolute atomic E-state index is 0.112. The first-order valence-electron chi connectivity index (χ1n) is 4.29. The van der Waals surface area contributed by atoms with E-state index in [1.165, 1.54) is 12.1 Å². The number of ketones is 1. The Morgan fingerprint density at radius 1 is 1.20 bits per heavy atom. The van der Waals surface area contributed by atoms with Crippen LogP contribution in [0.25, 0.3) is 0 Å². The topological polar surface area (TPSA) is 64.7 Å². The highest BCUT2D eigenvalue weighted by Gasteiger charge is 2.21. The van der Waals surface area contributed by atoms with Crippen LogP contribution in [0.5, 0.6) is 0 Å². The molecule has 1 aliphatic rings. The van der Waals surface area contributed by atoms with Gasteiger partial charge < -0.3 is 0 Å². The van der Waals surface area contributed by atoms with E-state index in [-0.39, 0.29) is 5.78 Å². The Balaban J connectivity index is 0.000000245. The summed E-state index contributed by atoms with van der Waals surface area (Å²) in [7, 11) is 0. The van der Waals surface area contributed by atoms with Crippen molar-refractivity contribution in [2.45, 2.75) is 6.42 Å². The summed E-state index contributed by atoms with van der Waals surface area (Å²) >= 11 is 0. The minimum atomic E-state index is 0.112. The number of hydrogen-bond donors (Lipinski definition) is 0. The summed E-state index contributed by atoms with van der Waals surface area (Å²) < 4.78 is 0. The zero-order valence-corrected chi connectivity index (χ0v) is 8.03. The lowest BCUT2D eigenvalue weighted by Gasteiger charge is -1.91. The lowest BCUT2D eigenvalue weighted by atomic mass is 10.1. The molecule has 2 rings (SSSR count). The quantitative estimate of drug-likeness (QED) is 0.596. The van der Waals surface area contributed by atoms with Gasteiger partial charge in [-0.2, -0.15) is 10.5 Å². The van der Waals surface area contributed by atoms with Crippen molar-refractivity contribution < 1.29 is 4.79 Å². The van der Waals surface area contributed by atoms with Gasteiger partial charge in [0.25, 0.3) is 0 Å². The first-order chi connectivity index (χ1) is 7.20. The molecule has 0 radical (unpaired) electrons. The van der Waals surface area contributed by atoms with Crippen LogP contribution in [0, 0.1) is 22.7 Å². The van der Waals surface area contributed by atoms with E-state index < -0.39 is 0 Å². The molecule has 0 saturated heterocycles. The summed E-state index contributed by atoms with van der Waals surface area (Å²) in [6.07, 6.45) is 0.731. The maximum Gasteiger partial charge on any atom is 0.189 e. The second kappa shape index (κ2) is 4.74. The van der Waals surface area contributed by atoms with Gasteiger partial charge in [-0.3, -0.25) is 4.79 Å². The van der Waals surface area contributed by atoms with Crippen LogP contribution in [0.3, 0.4) is 0 Å². The molecule has 0 fully saturated rings. The number of fused-ring (bicyclic) bond motifs is 1. The van der Waals surface area contributed by atoms with Gasteiger partial charge >= 0.3 is 0 Å². The van der Waals surface area contributed by atoms with E-state index in [2.05, 4.69) is 6.58 Å². The molecule has 0 heterocycles. The van der Waals surface area contributed by atoms with E-state index >= 15 is 0 Å². The highest BCUT2D eigenvalue weighted by molar-refractivity contribution is 6.12. The van der Waals surface area contributed by atoms with Gasteiger partial charge in [0.2, 0.25) is 0 Å². The second-order valence-electron chi connectivity index (χ2n) is 2.99. The van der Waals surface area contributed by atoms with Crippen LogP contribution in [-0.2, 0) is 6.42 Å². The van der Waals surface area contributed by atoms with Crippen LogP contribution < -0.4 is 0 Å². The third-order valence-corrected chi connectivity index (χ3v) is 2.04. The largest absolute Gasteiger partial charge is 0.289 e. The Hall–Kier alpha value is -2.39. The van der Waals surface area contributed by atoms with Crippen LogP contribution >= 0.6 is 0 Å². The molecule has 3 heteroatoms. The van der Waals surface area contributed by atoms with Gasteiger partial charge in [-0.25, -0.2) is 0 Å². The molecule has 0 aliphatic heterocycles. The fourth-order valence-corrected chi connectivity index (χ4v) is 1.40. The molecular weight excluding hydrogens is 188 g/mol. The van der Waals surface area contributed by atoms with Crippen molar-refractivity contribution in [2.75, 3.05) is 0 Å². The number of rotatable bonds is 0. The van der Waals surface area contributed by atoms with Crippen molar-refractivity contribution in [1.29, 1.82) is 10.5 Å². The summed E-state index contributed by atoms with van der Waals surface area (Å²) in [5.41, 5.74) is 2.66. The minimum Gasteiger partial charge on any atom is -0.289 e. The van der Waals surface area contributed by atoms with Gasteiger partial charge in [0.1, 0.15) is 0 Å². The summed E-state index contributed by atoms with van der Waals surface area (Å²) in [5, 5.41) is 14.5. The van der Waals surface area contributed by atoms with E-state index in [1.54, 1.807) is 0 Å². The smallest absolute Gasteiger partial charge is 0.189 e. The zero-order chi connectivity index (χ0) is 11.3. The molecular formula is C12H8N2O. The van der Waals surface area contributed by atoms with Gasteiger partial charge in [-0.1, -0.05) is 30.8 Å². The van der Waals surface area contributed by atoms with E-state index in [0.29, 0.717) is 5.57 Å². The average molecular weight is 196 g/mol. The average Bonchev–Trinajstić information content (AvgIpc) is 2.56. The number of nitriles is 2. The summed E-state index contributed by atoms with van der Waals surface area (Å²) in [6, 6.07) is 10.1. The van der Waals surface area contributed by atoms with Gasteiger partial charge in [-0.15, -0.1) is 0 Å². The molecule has 72 valence electrons. The van der Waals surface area contributed by atoms with Crippen LogP contribution in [-0.4, -0.2) is 5.78 Å². The summed E-state index contributed by atoms with van der Waals surface area (Å²) in [5.74, 6) is 0.112. The monoisotopic (exact) mass is 196 g/mol. The molecule has 15 heavy (non-hydrogen) atoms. The van der Waals surface area contributed by atoms with E-state index in [4.69, 9.17) is 10.5 Å². The highest BCUT2D eigenvalue weighted by atomic mass is 16.1. The van der Waals surface area contributed by atoms with Gasteiger partial charge in [0.15, 0.2) is 17.9 Å². The Morgan fingerprint density at radius 3 is 2.33 bits per heavy atom. The lowest BCUT2D eigenvalue weighted by Crippen LogP contribution is -1.92. The maximum atomic E-state index is 11.3. The molecule has 0 amide bonds. The number of carbonyl (C=O) groups excluding carboxylic acids is 1. The summed E-state index contributed by atoms with van der Waals surface area (Å²) in [4.78, 5) is 11.3. The highest BCUT2D eigenvalue weighted by Crippen LogP contribution is 2.24. The zero-order valence-electron chi connectivity index (χ0n) is 8.03. The summed E-state index contributed by atoms with van der Waals surface area (Å²) in [6.45, 7) is 3.70. The normalized spacial score (nSPS) is 11.9. The standard InChI is InChI=1S/C10H8O.C2N2/c1-7-6-8-4-2-3-5-9(8)10(7)11;3-1-2-4/h2-5H,1,6H2;. The Kier molecular flexibility index (Phi) is 3.38. The van der Waals surface area contributed by atoms with Crippen molar-refractivity contribution >= 4 is 5.78 Å². The third kappa shape index (κ3) is 2.30. The fraction of sp³-hybridized carbons (Fsp3) is 0.0833. The van der Waals surface area contributed by atoms with Crippen molar-refractivity contribution in [1.82, 2.24) is 0 Å². The predicted molar refractivity (Wildman–Crippen MR) is 54.8 cm³/mol. The molecule has 0 saturated carbocycles. The number of Topliss-reactive ketones (excluding diaryl/α,β-unsaturated/α-hetero) is 1. The fourth-order valence-electron chi connectivity index (χ4n) is 1.40. The number of hydrogen-bond acceptors (Lipinski definition) is 3. The number of carbonyl (C=O) groups is 1. The van der Waals surface area contributed by atoms with Gasteiger partial charge in [0.05, 0.1) is 0 Å². The van der Waals surface area contributed by atoms with E-state index in [9.17, 15) is 4.79 Å². The molecule has 1 aliphatic carbocycles. The number of allylic oxidation sites excluding steroid dienone is 1. The number of nitrogens with zero attached hydrogens (tertiary/aromatic N) is 2. The Bertz CT molecular complexity index is 477. The molecule has 1 aromatic rings. The van der Waals surface area contributed by atoms with Crippen LogP contribution in [0.2, 0.25) is 0 Å². The van der Waals surface area contributed by atoms with Crippen molar-refractivity contribution in [3.8, 4) is 12.1 Å². The van der Waals surface area contributed by atoms with E-state index in [0.717, 1.165) is 17.5 Å². The SMILES string of the molecule is C=C1Cc2ccccc2C1=O.N#CC#N. The Labute approximate surface area is 87.9 Å². The van der Waals surface area contributed by atoms with Crippen LogP contribution in [0.15, 0.2) is 36.4 Å². The molecule has 0 aromatic heterocycles. The van der Waals surface area contributed by atoms with Crippen molar-refractivity contribution in [2.24, 2.45) is 0 Å². The molecule has 3 nitrogen and oxygen atoms in total. The molecule has 0 N–H and O–H groups in total. The van der Waals surface area contributed by atoms with Crippen LogP contribution in [0.1, 0.15) is 15.9 Å². The van der Waals surface area contributed by atoms with Gasteiger partial charge in [-0.05, 0) is 11.1 Å². The van der Waals surface area contributed by atoms with Crippen molar-refractivity contribution in [3.05, 3.63) is 47.5 Å². The van der Waals surface area contributed by atoms with Crippen molar-refractivity contribution in [3.63, 3.8) is 0 Å². The molecule has 1 aromatic carbocycles. The predicted octanol–water partition coefficient (Wildman–Crippen LogP) is 2.02. The maximum absolute atomic E-state index is 11.3. The third-order valence-electron chi connectivity index (χ3n) is 2.04. The first-order valence-corrected chi connectivity index (χ1v) is 4.29. The lowest BCUT2D eigenvalue weighted by molar-refractivity contribution is 0.104. The van der Waals surface area contributed by atoms with E-state index in [1.807, 2.05) is 24.3 Å². The molecule has 0 spiro atoms. The first kappa shape index (κ1) is 10.7. The Morgan fingerprint density at radius 2 is 1.80 bits per heavy atom. The van der Waals surface area contributed by atoms with Gasteiger partial charge in [0, 0.05) is 12.0 Å². The molecule has 0 unspecified atom stereocenters. The molecule has 0 atom stereocenters. The molecule has 0 bridgehead atoms.